The molecule has 2 fully saturated rings. The molecule has 2 rings (SSSR count). The molecule has 1 saturated carbocycles. The van der Waals surface area contributed by atoms with Crippen LogP contribution in [-0.4, -0.2) is 37.1 Å². The second kappa shape index (κ2) is 5.99. The minimum Gasteiger partial charge on any atom is -0.390 e. The summed E-state index contributed by atoms with van der Waals surface area (Å²) in [5, 5.41) is 10.3. The normalized spacial score (nSPS) is 38.2. The Kier molecular flexibility index (Phi) is 4.62. The lowest BCUT2D eigenvalue weighted by atomic mass is 9.77. The Morgan fingerprint density at radius 2 is 1.94 bits per heavy atom. The number of rotatable bonds is 3. The molecule has 2 atom stereocenters. The van der Waals surface area contributed by atoms with Crippen molar-refractivity contribution in [2.75, 3.05) is 19.8 Å². The predicted molar refractivity (Wildman–Crippen MR) is 62.3 cm³/mol. The molecule has 1 aliphatic carbocycles. The zero-order chi connectivity index (χ0) is 11.4. The number of hydrogen-bond donors (Lipinski definition) is 1. The minimum atomic E-state index is -0.321. The van der Waals surface area contributed by atoms with Crippen molar-refractivity contribution >= 4 is 0 Å². The molecule has 0 radical (unpaired) electrons. The fraction of sp³-hybridized carbons (Fsp3) is 1.00. The van der Waals surface area contributed by atoms with Gasteiger partial charge in [0, 0.05) is 0 Å². The fourth-order valence-corrected chi connectivity index (χ4v) is 2.94. The third-order valence-electron chi connectivity index (χ3n) is 4.17. The van der Waals surface area contributed by atoms with Gasteiger partial charge in [0.25, 0.3) is 0 Å². The smallest absolute Gasteiger partial charge is 0.107 e. The van der Waals surface area contributed by atoms with Gasteiger partial charge in [0.1, 0.15) is 6.10 Å². The standard InChI is InChI=1S/C13H24O3/c1-2-10-3-5-11(6-4-10)13(14)12-9-15-7-8-16-12/h10-14H,2-9H2,1H3. The highest BCUT2D eigenvalue weighted by Crippen LogP contribution is 2.33. The molecule has 0 aromatic rings. The predicted octanol–water partition coefficient (Wildman–Crippen LogP) is 1.98. The molecule has 0 bridgehead atoms. The summed E-state index contributed by atoms with van der Waals surface area (Å²) >= 11 is 0. The second-order valence-electron chi connectivity index (χ2n) is 5.16. The molecule has 2 aliphatic rings. The van der Waals surface area contributed by atoms with E-state index in [1.54, 1.807) is 0 Å². The third-order valence-corrected chi connectivity index (χ3v) is 4.17. The molecule has 1 saturated heterocycles. The van der Waals surface area contributed by atoms with E-state index >= 15 is 0 Å². The van der Waals surface area contributed by atoms with Gasteiger partial charge in [-0.3, -0.25) is 0 Å². The van der Waals surface area contributed by atoms with Crippen molar-refractivity contribution in [3.63, 3.8) is 0 Å². The molecule has 3 nitrogen and oxygen atoms in total. The van der Waals surface area contributed by atoms with Crippen molar-refractivity contribution in [1.29, 1.82) is 0 Å². The monoisotopic (exact) mass is 228 g/mol. The number of aliphatic hydroxyl groups excluding tert-OH is 1. The van der Waals surface area contributed by atoms with Crippen LogP contribution in [0.25, 0.3) is 0 Å². The number of ether oxygens (including phenoxy) is 2. The first-order valence-electron chi connectivity index (χ1n) is 6.68. The molecule has 94 valence electrons. The zero-order valence-electron chi connectivity index (χ0n) is 10.2. The van der Waals surface area contributed by atoms with E-state index in [-0.39, 0.29) is 12.2 Å². The van der Waals surface area contributed by atoms with Crippen LogP contribution in [0.5, 0.6) is 0 Å². The molecule has 1 N–H and O–H groups in total. The Balaban J connectivity index is 1.78. The molecule has 1 aliphatic heterocycles. The first-order chi connectivity index (χ1) is 7.81. The van der Waals surface area contributed by atoms with Crippen LogP contribution in [0.1, 0.15) is 39.0 Å². The highest BCUT2D eigenvalue weighted by Gasteiger charge is 2.32. The quantitative estimate of drug-likeness (QED) is 0.802. The topological polar surface area (TPSA) is 38.7 Å². The van der Waals surface area contributed by atoms with E-state index in [1.165, 1.54) is 19.3 Å². The van der Waals surface area contributed by atoms with Crippen LogP contribution in [0.3, 0.4) is 0 Å². The summed E-state index contributed by atoms with van der Waals surface area (Å²) in [4.78, 5) is 0. The van der Waals surface area contributed by atoms with E-state index in [2.05, 4.69) is 6.92 Å². The molecule has 1 heterocycles. The van der Waals surface area contributed by atoms with Crippen LogP contribution in [0.15, 0.2) is 0 Å². The van der Waals surface area contributed by atoms with Crippen molar-refractivity contribution < 1.29 is 14.6 Å². The lowest BCUT2D eigenvalue weighted by molar-refractivity contribution is -0.147. The van der Waals surface area contributed by atoms with Gasteiger partial charge in [0.05, 0.1) is 25.9 Å². The first-order valence-corrected chi connectivity index (χ1v) is 6.68. The minimum absolute atomic E-state index is 0.0862. The zero-order valence-corrected chi connectivity index (χ0v) is 10.2. The van der Waals surface area contributed by atoms with E-state index in [9.17, 15) is 5.11 Å². The van der Waals surface area contributed by atoms with Gasteiger partial charge >= 0.3 is 0 Å². The molecule has 16 heavy (non-hydrogen) atoms. The van der Waals surface area contributed by atoms with E-state index < -0.39 is 0 Å². The van der Waals surface area contributed by atoms with Crippen molar-refractivity contribution in [2.24, 2.45) is 11.8 Å². The summed E-state index contributed by atoms with van der Waals surface area (Å²) in [6.45, 7) is 4.13. The lowest BCUT2D eigenvalue weighted by Crippen LogP contribution is -2.43. The highest BCUT2D eigenvalue weighted by atomic mass is 16.6. The van der Waals surface area contributed by atoms with Crippen LogP contribution >= 0.6 is 0 Å². The maximum Gasteiger partial charge on any atom is 0.107 e. The van der Waals surface area contributed by atoms with Gasteiger partial charge in [-0.15, -0.1) is 0 Å². The van der Waals surface area contributed by atoms with Gasteiger partial charge in [-0.2, -0.15) is 0 Å². The van der Waals surface area contributed by atoms with Gasteiger partial charge in [-0.1, -0.05) is 26.2 Å². The average molecular weight is 228 g/mol. The third kappa shape index (κ3) is 2.96. The molecule has 0 amide bonds. The summed E-state index contributed by atoms with van der Waals surface area (Å²) in [5.74, 6) is 1.31. The highest BCUT2D eigenvalue weighted by molar-refractivity contribution is 4.82. The molecule has 2 unspecified atom stereocenters. The maximum absolute atomic E-state index is 10.3. The van der Waals surface area contributed by atoms with Gasteiger partial charge in [0.2, 0.25) is 0 Å². The van der Waals surface area contributed by atoms with Gasteiger partial charge in [-0.05, 0) is 24.7 Å². The van der Waals surface area contributed by atoms with Crippen LogP contribution in [0.4, 0.5) is 0 Å². The molecular weight excluding hydrogens is 204 g/mol. The first kappa shape index (κ1) is 12.3. The Morgan fingerprint density at radius 3 is 2.50 bits per heavy atom. The van der Waals surface area contributed by atoms with Gasteiger partial charge in [0.15, 0.2) is 0 Å². The Morgan fingerprint density at radius 1 is 1.19 bits per heavy atom. The van der Waals surface area contributed by atoms with Crippen molar-refractivity contribution in [3.05, 3.63) is 0 Å². The largest absolute Gasteiger partial charge is 0.390 e. The van der Waals surface area contributed by atoms with Crippen molar-refractivity contribution in [2.45, 2.75) is 51.2 Å². The van der Waals surface area contributed by atoms with Crippen LogP contribution in [0, 0.1) is 11.8 Å². The average Bonchev–Trinajstić information content (AvgIpc) is 2.39. The summed E-state index contributed by atoms with van der Waals surface area (Å²) in [6.07, 6.45) is 5.72. The fourth-order valence-electron chi connectivity index (χ4n) is 2.94. The van der Waals surface area contributed by atoms with Gasteiger partial charge < -0.3 is 14.6 Å². The lowest BCUT2D eigenvalue weighted by Gasteiger charge is -2.36. The Hall–Kier alpha value is -0.120. The van der Waals surface area contributed by atoms with E-state index in [0.29, 0.717) is 25.7 Å². The summed E-state index contributed by atoms with van der Waals surface area (Å²) in [7, 11) is 0. The number of aliphatic hydroxyl groups is 1. The van der Waals surface area contributed by atoms with Crippen molar-refractivity contribution in [3.8, 4) is 0 Å². The Labute approximate surface area is 98.1 Å². The summed E-state index contributed by atoms with van der Waals surface area (Å²) in [5.41, 5.74) is 0. The summed E-state index contributed by atoms with van der Waals surface area (Å²) < 4.78 is 10.9. The molecule has 0 spiro atoms. The Bertz CT molecular complexity index is 193. The summed E-state index contributed by atoms with van der Waals surface area (Å²) in [6, 6.07) is 0. The van der Waals surface area contributed by atoms with E-state index in [1.807, 2.05) is 0 Å². The number of hydrogen-bond acceptors (Lipinski definition) is 3. The second-order valence-corrected chi connectivity index (χ2v) is 5.16. The maximum atomic E-state index is 10.3. The van der Waals surface area contributed by atoms with E-state index in [0.717, 1.165) is 18.8 Å². The molecule has 0 aromatic carbocycles. The molecular formula is C13H24O3. The van der Waals surface area contributed by atoms with Crippen LogP contribution in [-0.2, 0) is 9.47 Å². The van der Waals surface area contributed by atoms with Crippen LogP contribution in [0.2, 0.25) is 0 Å². The van der Waals surface area contributed by atoms with E-state index in [4.69, 9.17) is 9.47 Å². The van der Waals surface area contributed by atoms with Crippen molar-refractivity contribution in [1.82, 2.24) is 0 Å². The SMILES string of the molecule is CCC1CCC(C(O)C2COCCO2)CC1. The molecule has 0 aromatic heterocycles. The van der Waals surface area contributed by atoms with Gasteiger partial charge in [-0.25, -0.2) is 0 Å². The molecule has 3 heteroatoms. The van der Waals surface area contributed by atoms with Crippen LogP contribution < -0.4 is 0 Å².